The second-order valence-corrected chi connectivity index (χ2v) is 9.21. The van der Waals surface area contributed by atoms with Gasteiger partial charge in [-0.15, -0.1) is 0 Å². The van der Waals surface area contributed by atoms with Gasteiger partial charge in [0.1, 0.15) is 0 Å². The quantitative estimate of drug-likeness (QED) is 0.581. The molecule has 2 atom stereocenters. The number of aromatic nitrogens is 2. The van der Waals surface area contributed by atoms with Crippen LogP contribution in [0.15, 0.2) is 18.2 Å². The molecule has 31 heavy (non-hydrogen) atoms. The molecule has 4 rings (SSSR count). The number of nitrogens with zero attached hydrogens (tertiary/aromatic N) is 2. The first-order valence-corrected chi connectivity index (χ1v) is 10.4. The maximum Gasteiger partial charge on any atom is 0.250 e. The highest BCUT2D eigenvalue weighted by Gasteiger charge is 2.36. The van der Waals surface area contributed by atoms with Crippen molar-refractivity contribution in [3.63, 3.8) is 0 Å². The number of nitrogens with one attached hydrogen (secondary N) is 1. The van der Waals surface area contributed by atoms with Gasteiger partial charge in [0.2, 0.25) is 0 Å². The predicted molar refractivity (Wildman–Crippen MR) is 113 cm³/mol. The minimum atomic E-state index is -1.10. The number of carbonyl (C=O) groups excluding carboxylic acids is 2. The van der Waals surface area contributed by atoms with Crippen molar-refractivity contribution in [2.24, 2.45) is 11.1 Å². The molecular weight excluding hydrogens is 400 g/mol. The summed E-state index contributed by atoms with van der Waals surface area (Å²) < 4.78 is 6.71. The van der Waals surface area contributed by atoms with Crippen LogP contribution in [-0.2, 0) is 11.2 Å². The Labute approximate surface area is 180 Å². The molecule has 1 aromatic carbocycles. The lowest BCUT2D eigenvalue weighted by atomic mass is 9.75. The van der Waals surface area contributed by atoms with E-state index in [0.29, 0.717) is 35.5 Å². The number of nitrogens with two attached hydrogens (primary N) is 1. The molecule has 5 N–H and O–H groups in total. The Morgan fingerprint density at radius 1 is 1.26 bits per heavy atom. The number of hydrogen-bond acceptors (Lipinski definition) is 7. The normalized spacial score (nSPS) is 25.2. The SMILES string of the molecule is Cc1nn(-c2ccc(C(N)=O)c(NC3CC(O)OC(O)C3)c2)c2c1C(=O)CC(C)(C)C2. The summed E-state index contributed by atoms with van der Waals surface area (Å²) in [5.41, 5.74) is 9.05. The summed E-state index contributed by atoms with van der Waals surface area (Å²) in [5.74, 6) is -0.510. The van der Waals surface area contributed by atoms with Crippen LogP contribution < -0.4 is 11.1 Å². The van der Waals surface area contributed by atoms with Crippen molar-refractivity contribution < 1.29 is 24.5 Å². The van der Waals surface area contributed by atoms with Crippen LogP contribution in [0.2, 0.25) is 0 Å². The fraction of sp³-hybridized carbons (Fsp3) is 0.500. The van der Waals surface area contributed by atoms with Gasteiger partial charge in [0.25, 0.3) is 5.91 Å². The van der Waals surface area contributed by atoms with Gasteiger partial charge in [-0.1, -0.05) is 13.8 Å². The van der Waals surface area contributed by atoms with Gasteiger partial charge in [-0.2, -0.15) is 5.10 Å². The van der Waals surface area contributed by atoms with Gasteiger partial charge in [0.15, 0.2) is 18.4 Å². The number of anilines is 1. The number of rotatable bonds is 4. The number of carbonyl (C=O) groups is 2. The van der Waals surface area contributed by atoms with Gasteiger partial charge < -0.3 is 26.0 Å². The molecule has 1 fully saturated rings. The third kappa shape index (κ3) is 4.21. The van der Waals surface area contributed by atoms with Crippen molar-refractivity contribution in [1.29, 1.82) is 0 Å². The van der Waals surface area contributed by atoms with E-state index in [9.17, 15) is 19.8 Å². The Morgan fingerprint density at radius 3 is 2.58 bits per heavy atom. The average Bonchev–Trinajstić information content (AvgIpc) is 2.95. The maximum absolute atomic E-state index is 12.7. The Bertz CT molecular complexity index is 1030. The average molecular weight is 428 g/mol. The van der Waals surface area contributed by atoms with Gasteiger partial charge in [-0.25, -0.2) is 4.68 Å². The number of Topliss-reactive ketones (excluding diaryl/α,β-unsaturated/α-hetero) is 1. The second-order valence-electron chi connectivity index (χ2n) is 9.21. The van der Waals surface area contributed by atoms with Crippen LogP contribution in [0.25, 0.3) is 5.69 Å². The minimum Gasteiger partial charge on any atom is -0.381 e. The van der Waals surface area contributed by atoms with Gasteiger partial charge in [-0.3, -0.25) is 9.59 Å². The van der Waals surface area contributed by atoms with Crippen LogP contribution in [0.5, 0.6) is 0 Å². The maximum atomic E-state index is 12.7. The number of amides is 1. The molecule has 2 heterocycles. The van der Waals surface area contributed by atoms with Crippen molar-refractivity contribution in [2.45, 2.75) is 65.1 Å². The fourth-order valence-electron chi connectivity index (χ4n) is 4.56. The number of aliphatic hydroxyl groups excluding tert-OH is 2. The Kier molecular flexibility index (Phi) is 5.36. The highest BCUT2D eigenvalue weighted by molar-refractivity contribution is 6.00. The fourth-order valence-corrected chi connectivity index (χ4v) is 4.56. The molecule has 1 amide bonds. The molecule has 166 valence electrons. The van der Waals surface area contributed by atoms with E-state index in [2.05, 4.69) is 24.3 Å². The molecular formula is C22H28N4O5. The zero-order valence-corrected chi connectivity index (χ0v) is 17.9. The lowest BCUT2D eigenvalue weighted by Gasteiger charge is -2.31. The number of hydrogen-bond donors (Lipinski definition) is 4. The molecule has 1 aliphatic carbocycles. The first-order valence-electron chi connectivity index (χ1n) is 10.4. The Morgan fingerprint density at radius 2 is 1.94 bits per heavy atom. The van der Waals surface area contributed by atoms with Gasteiger partial charge >= 0.3 is 0 Å². The van der Waals surface area contributed by atoms with E-state index in [4.69, 9.17) is 10.5 Å². The zero-order chi connectivity index (χ0) is 22.5. The monoisotopic (exact) mass is 428 g/mol. The summed E-state index contributed by atoms with van der Waals surface area (Å²) in [6, 6.07) is 4.80. The molecule has 1 saturated heterocycles. The van der Waals surface area contributed by atoms with E-state index in [1.807, 2.05) is 6.92 Å². The molecule has 2 aliphatic rings. The van der Waals surface area contributed by atoms with Gasteiger partial charge in [0.05, 0.1) is 28.2 Å². The number of benzene rings is 1. The van der Waals surface area contributed by atoms with Gasteiger partial charge in [-0.05, 0) is 37.0 Å². The van der Waals surface area contributed by atoms with Crippen molar-refractivity contribution >= 4 is 17.4 Å². The summed E-state index contributed by atoms with van der Waals surface area (Å²) >= 11 is 0. The van der Waals surface area contributed by atoms with E-state index >= 15 is 0 Å². The van der Waals surface area contributed by atoms with Crippen LogP contribution >= 0.6 is 0 Å². The van der Waals surface area contributed by atoms with E-state index in [-0.39, 0.29) is 35.6 Å². The second kappa shape index (κ2) is 7.74. The standard InChI is InChI=1S/C22H28N4O5/c1-11-20-16(9-22(2,3)10-17(20)27)26(25-11)13-4-5-14(21(23)30)15(8-13)24-12-6-18(28)31-19(29)7-12/h4-5,8,12,18-19,24,28-29H,6-7,9-10H2,1-3H3,(H2,23,30). The number of aryl methyl sites for hydroxylation is 1. The lowest BCUT2D eigenvalue weighted by molar-refractivity contribution is -0.233. The van der Waals surface area contributed by atoms with E-state index in [0.717, 1.165) is 5.69 Å². The molecule has 9 heteroatoms. The molecule has 0 radical (unpaired) electrons. The van der Waals surface area contributed by atoms with Crippen molar-refractivity contribution in [2.75, 3.05) is 5.32 Å². The molecule has 1 aliphatic heterocycles. The topological polar surface area (TPSA) is 140 Å². The zero-order valence-electron chi connectivity index (χ0n) is 17.9. The predicted octanol–water partition coefficient (Wildman–Crippen LogP) is 1.66. The van der Waals surface area contributed by atoms with Crippen molar-refractivity contribution in [1.82, 2.24) is 9.78 Å². The van der Waals surface area contributed by atoms with Crippen LogP contribution in [0, 0.1) is 12.3 Å². The number of aliphatic hydroxyl groups is 2. The molecule has 2 unspecified atom stereocenters. The summed E-state index contributed by atoms with van der Waals surface area (Å²) in [6.07, 6.45) is -0.523. The first-order chi connectivity index (χ1) is 14.5. The van der Waals surface area contributed by atoms with E-state index in [1.54, 1.807) is 22.9 Å². The Hall–Kier alpha value is -2.75. The largest absolute Gasteiger partial charge is 0.381 e. The smallest absolute Gasteiger partial charge is 0.250 e. The number of ether oxygens (including phenoxy) is 1. The van der Waals surface area contributed by atoms with Crippen molar-refractivity contribution in [3.8, 4) is 5.69 Å². The Balaban J connectivity index is 1.74. The molecule has 0 saturated carbocycles. The summed E-state index contributed by atoms with van der Waals surface area (Å²) in [6.45, 7) is 5.95. The molecule has 2 aromatic rings. The first kappa shape index (κ1) is 21.5. The minimum absolute atomic E-state index is 0.0901. The van der Waals surface area contributed by atoms with E-state index in [1.165, 1.54) is 0 Å². The number of fused-ring (bicyclic) bond motifs is 1. The summed E-state index contributed by atoms with van der Waals surface area (Å²) in [7, 11) is 0. The van der Waals surface area contributed by atoms with Crippen molar-refractivity contribution in [3.05, 3.63) is 40.7 Å². The molecule has 9 nitrogen and oxygen atoms in total. The van der Waals surface area contributed by atoms with Crippen LogP contribution in [-0.4, -0.2) is 50.3 Å². The molecule has 0 bridgehead atoms. The third-order valence-electron chi connectivity index (χ3n) is 5.88. The highest BCUT2D eigenvalue weighted by atomic mass is 16.7. The van der Waals surface area contributed by atoms with Crippen LogP contribution in [0.3, 0.4) is 0 Å². The third-order valence-corrected chi connectivity index (χ3v) is 5.88. The summed E-state index contributed by atoms with van der Waals surface area (Å²) in [4.78, 5) is 24.7. The lowest BCUT2D eigenvalue weighted by Crippen LogP contribution is -2.39. The van der Waals surface area contributed by atoms with Gasteiger partial charge in [0, 0.05) is 31.0 Å². The summed E-state index contributed by atoms with van der Waals surface area (Å²) in [5, 5.41) is 27.4. The van der Waals surface area contributed by atoms with E-state index < -0.39 is 18.5 Å². The molecule has 0 spiro atoms. The van der Waals surface area contributed by atoms with Crippen LogP contribution in [0.4, 0.5) is 5.69 Å². The van der Waals surface area contributed by atoms with Crippen LogP contribution in [0.1, 0.15) is 65.2 Å². The molecule has 1 aromatic heterocycles. The highest BCUT2D eigenvalue weighted by Crippen LogP contribution is 2.37. The number of ketones is 1. The number of primary amides is 1.